The highest BCUT2D eigenvalue weighted by Gasteiger charge is 2.22. The van der Waals surface area contributed by atoms with E-state index in [9.17, 15) is 0 Å². The van der Waals surface area contributed by atoms with Gasteiger partial charge in [-0.1, -0.05) is 109 Å². The fourth-order valence-corrected chi connectivity index (χ4v) is 8.98. The van der Waals surface area contributed by atoms with Crippen molar-refractivity contribution < 1.29 is 8.83 Å². The van der Waals surface area contributed by atoms with Gasteiger partial charge in [0.05, 0.1) is 0 Å². The minimum atomic E-state index is 0.610. The Kier molecular flexibility index (Phi) is 6.96. The molecule has 7 nitrogen and oxygen atoms in total. The molecule has 0 spiro atoms. The molecular formula is C49H27N5O2S. The number of thiophene rings is 1. The van der Waals surface area contributed by atoms with Gasteiger partial charge in [-0.25, -0.2) is 24.9 Å². The second-order valence-electron chi connectivity index (χ2n) is 14.0. The zero-order valence-corrected chi connectivity index (χ0v) is 30.9. The van der Waals surface area contributed by atoms with Crippen molar-refractivity contribution in [3.63, 3.8) is 0 Å². The molecule has 0 bridgehead atoms. The van der Waals surface area contributed by atoms with E-state index >= 15 is 0 Å². The average molecular weight is 750 g/mol. The summed E-state index contributed by atoms with van der Waals surface area (Å²) in [6.45, 7) is 0. The Labute approximate surface area is 328 Å². The van der Waals surface area contributed by atoms with Crippen LogP contribution in [0.3, 0.4) is 0 Å². The molecule has 5 heterocycles. The van der Waals surface area contributed by atoms with E-state index in [1.165, 1.54) is 0 Å². The van der Waals surface area contributed by atoms with Gasteiger partial charge in [-0.05, 0) is 54.6 Å². The Balaban J connectivity index is 1.08. The molecule has 0 unspecified atom stereocenters. The number of rotatable bonds is 5. The van der Waals surface area contributed by atoms with Crippen LogP contribution in [0.25, 0.3) is 121 Å². The number of furan rings is 2. The van der Waals surface area contributed by atoms with Gasteiger partial charge < -0.3 is 8.83 Å². The summed E-state index contributed by atoms with van der Waals surface area (Å²) in [5, 5.41) is 5.18. The first-order valence-corrected chi connectivity index (χ1v) is 19.5. The maximum Gasteiger partial charge on any atom is 0.180 e. The van der Waals surface area contributed by atoms with Crippen LogP contribution in [-0.4, -0.2) is 24.9 Å². The SMILES string of the molecule is c1ccc(-c2nc(-c3ccccc3)nc(-c3cccc4sc5ccc(-c6nc(-c7ccc8oc9ccccc9c8c7)nc7c6oc6ccccc67)cc5c34)n2)cc1. The minimum Gasteiger partial charge on any atom is -0.456 e. The van der Waals surface area contributed by atoms with Crippen LogP contribution in [0.5, 0.6) is 0 Å². The lowest BCUT2D eigenvalue weighted by atomic mass is 10.0. The fraction of sp³-hybridized carbons (Fsp3) is 0. The van der Waals surface area contributed by atoms with E-state index < -0.39 is 0 Å². The molecule has 0 atom stereocenters. The zero-order chi connectivity index (χ0) is 37.5. The molecule has 8 heteroatoms. The summed E-state index contributed by atoms with van der Waals surface area (Å²) in [4.78, 5) is 25.6. The summed E-state index contributed by atoms with van der Waals surface area (Å²) in [5.41, 5.74) is 9.18. The van der Waals surface area contributed by atoms with Crippen molar-refractivity contribution in [1.82, 2.24) is 24.9 Å². The van der Waals surface area contributed by atoms with Gasteiger partial charge in [0.25, 0.3) is 0 Å². The van der Waals surface area contributed by atoms with Crippen LogP contribution in [-0.2, 0) is 0 Å². The fourth-order valence-electron chi connectivity index (χ4n) is 7.87. The molecule has 0 saturated carbocycles. The van der Waals surface area contributed by atoms with Crippen LogP contribution in [0.2, 0.25) is 0 Å². The van der Waals surface area contributed by atoms with E-state index in [0.29, 0.717) is 28.9 Å². The highest BCUT2D eigenvalue weighted by Crippen LogP contribution is 2.43. The lowest BCUT2D eigenvalue weighted by Gasteiger charge is -2.10. The summed E-state index contributed by atoms with van der Waals surface area (Å²) in [5.74, 6) is 2.47. The largest absolute Gasteiger partial charge is 0.456 e. The topological polar surface area (TPSA) is 90.7 Å². The second kappa shape index (κ2) is 12.5. The van der Waals surface area contributed by atoms with Gasteiger partial charge in [0.15, 0.2) is 28.9 Å². The smallest absolute Gasteiger partial charge is 0.180 e. The normalized spacial score (nSPS) is 11.9. The maximum atomic E-state index is 6.56. The lowest BCUT2D eigenvalue weighted by Crippen LogP contribution is -2.00. The van der Waals surface area contributed by atoms with E-state index in [2.05, 4.69) is 54.6 Å². The van der Waals surface area contributed by atoms with Crippen molar-refractivity contribution in [3.05, 3.63) is 164 Å². The summed E-state index contributed by atoms with van der Waals surface area (Å²) in [6, 6.07) is 55.3. The summed E-state index contributed by atoms with van der Waals surface area (Å²) < 4.78 is 15.0. The Morgan fingerprint density at radius 1 is 0.368 bits per heavy atom. The first kappa shape index (κ1) is 31.8. The minimum absolute atomic E-state index is 0.610. The number of nitrogens with zero attached hydrogens (tertiary/aromatic N) is 5. The van der Waals surface area contributed by atoms with E-state index in [1.807, 2.05) is 109 Å². The van der Waals surface area contributed by atoms with Gasteiger partial charge in [0.2, 0.25) is 0 Å². The molecule has 12 aromatic rings. The molecule has 12 rings (SSSR count). The third kappa shape index (κ3) is 5.15. The quantitative estimate of drug-likeness (QED) is 0.173. The standard InChI is InChI=1S/C49H27N5O2S/c1-3-12-28(13-4-1)46-52-47(29-14-5-2-6-15-29)54-49(53-46)34-18-11-21-41-42(34)36-26-30(23-25-40(36)57-41)43-45-44(33-17-8-10-20-38(33)56-45)51-48(50-43)31-22-24-39-35(27-31)32-16-7-9-19-37(32)55-39/h1-27H. The maximum absolute atomic E-state index is 6.56. The van der Waals surface area contributed by atoms with Gasteiger partial charge in [-0.2, -0.15) is 0 Å². The predicted octanol–water partition coefficient (Wildman–Crippen LogP) is 13.2. The molecule has 0 amide bonds. The van der Waals surface area contributed by atoms with E-state index in [0.717, 1.165) is 92.1 Å². The number of hydrogen-bond donors (Lipinski definition) is 0. The number of benzene rings is 7. The highest BCUT2D eigenvalue weighted by molar-refractivity contribution is 7.26. The zero-order valence-electron chi connectivity index (χ0n) is 30.0. The van der Waals surface area contributed by atoms with E-state index in [-0.39, 0.29) is 0 Å². The third-order valence-electron chi connectivity index (χ3n) is 10.6. The van der Waals surface area contributed by atoms with Crippen LogP contribution in [0.4, 0.5) is 0 Å². The highest BCUT2D eigenvalue weighted by atomic mass is 32.1. The van der Waals surface area contributed by atoms with Crippen molar-refractivity contribution in [3.8, 4) is 56.8 Å². The summed E-state index contributed by atoms with van der Waals surface area (Å²) in [6.07, 6.45) is 0. The van der Waals surface area contributed by atoms with Gasteiger partial charge in [0.1, 0.15) is 28.0 Å². The Bertz CT molecular complexity index is 3480. The molecule has 0 fully saturated rings. The van der Waals surface area contributed by atoms with Gasteiger partial charge >= 0.3 is 0 Å². The molecule has 7 aromatic carbocycles. The number of aromatic nitrogens is 5. The monoisotopic (exact) mass is 749 g/mol. The van der Waals surface area contributed by atoms with Crippen LogP contribution in [0, 0.1) is 0 Å². The van der Waals surface area contributed by atoms with Crippen molar-refractivity contribution in [1.29, 1.82) is 0 Å². The van der Waals surface area contributed by atoms with Crippen LogP contribution >= 0.6 is 11.3 Å². The third-order valence-corrected chi connectivity index (χ3v) is 11.7. The van der Waals surface area contributed by atoms with E-state index in [1.54, 1.807) is 11.3 Å². The lowest BCUT2D eigenvalue weighted by molar-refractivity contribution is 0.667. The average Bonchev–Trinajstić information content (AvgIpc) is 3.97. The molecule has 0 aliphatic heterocycles. The van der Waals surface area contributed by atoms with Crippen molar-refractivity contribution in [2.75, 3.05) is 0 Å². The van der Waals surface area contributed by atoms with Crippen LogP contribution in [0.1, 0.15) is 0 Å². The van der Waals surface area contributed by atoms with Crippen molar-refractivity contribution >= 4 is 75.5 Å². The Morgan fingerprint density at radius 2 is 0.982 bits per heavy atom. The molecule has 0 saturated heterocycles. The Morgan fingerprint density at radius 3 is 1.75 bits per heavy atom. The number of fused-ring (bicyclic) bond motifs is 9. The van der Waals surface area contributed by atoms with Crippen molar-refractivity contribution in [2.45, 2.75) is 0 Å². The molecule has 0 aliphatic rings. The first-order chi connectivity index (χ1) is 28.2. The van der Waals surface area contributed by atoms with Crippen molar-refractivity contribution in [2.24, 2.45) is 0 Å². The predicted molar refractivity (Wildman–Crippen MR) is 230 cm³/mol. The molecular weight excluding hydrogens is 723 g/mol. The van der Waals surface area contributed by atoms with Gasteiger partial charge in [-0.3, -0.25) is 0 Å². The first-order valence-electron chi connectivity index (χ1n) is 18.7. The molecule has 0 aliphatic carbocycles. The summed E-state index contributed by atoms with van der Waals surface area (Å²) in [7, 11) is 0. The van der Waals surface area contributed by atoms with Crippen LogP contribution < -0.4 is 0 Å². The molecule has 0 N–H and O–H groups in total. The summed E-state index contributed by atoms with van der Waals surface area (Å²) >= 11 is 1.75. The molecule has 5 aromatic heterocycles. The van der Waals surface area contributed by atoms with E-state index in [4.69, 9.17) is 33.8 Å². The van der Waals surface area contributed by atoms with Gasteiger partial charge in [-0.15, -0.1) is 11.3 Å². The molecule has 57 heavy (non-hydrogen) atoms. The Hall–Kier alpha value is -7.55. The molecule has 266 valence electrons. The number of para-hydroxylation sites is 2. The number of hydrogen-bond acceptors (Lipinski definition) is 8. The molecule has 0 radical (unpaired) electrons. The van der Waals surface area contributed by atoms with Gasteiger partial charge in [0, 0.05) is 64.1 Å². The van der Waals surface area contributed by atoms with Crippen LogP contribution in [0.15, 0.2) is 173 Å². The second-order valence-corrected chi connectivity index (χ2v) is 15.1.